The fourth-order valence-electron chi connectivity index (χ4n) is 2.13. The predicted octanol–water partition coefficient (Wildman–Crippen LogP) is 1.99. The lowest BCUT2D eigenvalue weighted by Crippen LogP contribution is -2.39. The van der Waals surface area contributed by atoms with Gasteiger partial charge in [0.2, 0.25) is 0 Å². The molecule has 0 unspecified atom stereocenters. The number of carboxylic acid groups (broad SMARTS) is 1. The maximum absolute atomic E-state index is 12.4. The van der Waals surface area contributed by atoms with Crippen molar-refractivity contribution in [3.63, 3.8) is 0 Å². The first-order valence-corrected chi connectivity index (χ1v) is 7.42. The molecule has 2 aromatic rings. The molecule has 0 radical (unpaired) electrons. The Morgan fingerprint density at radius 2 is 1.96 bits per heavy atom. The average Bonchev–Trinajstić information content (AvgIpc) is 3.04. The van der Waals surface area contributed by atoms with Crippen LogP contribution >= 0.6 is 0 Å². The van der Waals surface area contributed by atoms with Gasteiger partial charge in [-0.3, -0.25) is 9.89 Å². The fourth-order valence-corrected chi connectivity index (χ4v) is 2.13. The molecule has 7 heteroatoms. The Hall–Kier alpha value is -2.83. The van der Waals surface area contributed by atoms with E-state index in [1.165, 1.54) is 0 Å². The first kappa shape index (κ1) is 16.5. The second-order valence-corrected chi connectivity index (χ2v) is 5.15. The molecule has 122 valence electrons. The van der Waals surface area contributed by atoms with E-state index in [1.807, 2.05) is 36.4 Å². The number of aromatic amines is 1. The van der Waals surface area contributed by atoms with Gasteiger partial charge < -0.3 is 15.3 Å². The van der Waals surface area contributed by atoms with Crippen LogP contribution in [0.25, 0.3) is 0 Å². The van der Waals surface area contributed by atoms with Gasteiger partial charge in [-0.05, 0) is 18.1 Å². The number of amides is 2. The molecule has 7 nitrogen and oxygen atoms in total. The summed E-state index contributed by atoms with van der Waals surface area (Å²) in [7, 11) is 0. The van der Waals surface area contributed by atoms with Gasteiger partial charge in [0, 0.05) is 25.7 Å². The smallest absolute Gasteiger partial charge is 0.318 e. The lowest BCUT2D eigenvalue weighted by molar-refractivity contribution is -0.137. The van der Waals surface area contributed by atoms with E-state index in [-0.39, 0.29) is 12.5 Å². The summed E-state index contributed by atoms with van der Waals surface area (Å²) < 4.78 is 0. The Morgan fingerprint density at radius 3 is 2.61 bits per heavy atom. The molecule has 2 amide bonds. The number of benzene rings is 1. The number of rotatable bonds is 8. The summed E-state index contributed by atoms with van der Waals surface area (Å²) in [5.41, 5.74) is 1.86. The Balaban J connectivity index is 1.94. The third-order valence-corrected chi connectivity index (χ3v) is 3.27. The zero-order valence-electron chi connectivity index (χ0n) is 12.7. The number of carbonyl (C=O) groups is 2. The maximum Gasteiger partial charge on any atom is 0.318 e. The molecule has 23 heavy (non-hydrogen) atoms. The van der Waals surface area contributed by atoms with Gasteiger partial charge in [0.1, 0.15) is 0 Å². The monoisotopic (exact) mass is 316 g/mol. The van der Waals surface area contributed by atoms with E-state index >= 15 is 0 Å². The van der Waals surface area contributed by atoms with E-state index in [4.69, 9.17) is 5.11 Å². The van der Waals surface area contributed by atoms with E-state index in [2.05, 4.69) is 15.5 Å². The van der Waals surface area contributed by atoms with Crippen LogP contribution in [0, 0.1) is 0 Å². The van der Waals surface area contributed by atoms with E-state index in [0.717, 1.165) is 11.3 Å². The van der Waals surface area contributed by atoms with E-state index < -0.39 is 5.97 Å². The van der Waals surface area contributed by atoms with Crippen molar-refractivity contribution in [2.45, 2.75) is 25.9 Å². The molecule has 3 N–H and O–H groups in total. The lowest BCUT2D eigenvalue weighted by Gasteiger charge is -2.22. The van der Waals surface area contributed by atoms with Gasteiger partial charge in [0.05, 0.1) is 12.2 Å². The number of urea groups is 1. The van der Waals surface area contributed by atoms with E-state index in [1.54, 1.807) is 11.1 Å². The molecular formula is C16H20N4O3. The number of hydrogen-bond acceptors (Lipinski definition) is 3. The van der Waals surface area contributed by atoms with Gasteiger partial charge in [0.25, 0.3) is 0 Å². The molecule has 1 heterocycles. The highest BCUT2D eigenvalue weighted by atomic mass is 16.4. The molecule has 0 atom stereocenters. The van der Waals surface area contributed by atoms with Crippen molar-refractivity contribution in [3.05, 3.63) is 53.9 Å². The van der Waals surface area contributed by atoms with Crippen LogP contribution in [0.2, 0.25) is 0 Å². The van der Waals surface area contributed by atoms with Crippen LogP contribution in [0.1, 0.15) is 24.1 Å². The number of H-pyrrole nitrogens is 1. The number of carboxylic acids is 1. The van der Waals surface area contributed by atoms with Gasteiger partial charge in [-0.25, -0.2) is 4.79 Å². The molecule has 0 fully saturated rings. The van der Waals surface area contributed by atoms with Crippen LogP contribution in [-0.4, -0.2) is 38.7 Å². The summed E-state index contributed by atoms with van der Waals surface area (Å²) in [5, 5.41) is 18.1. The summed E-state index contributed by atoms with van der Waals surface area (Å²) in [6.07, 6.45) is 2.09. The Morgan fingerprint density at radius 1 is 1.17 bits per heavy atom. The fraction of sp³-hybridized carbons (Fsp3) is 0.312. The number of carbonyl (C=O) groups excluding carboxylic acids is 1. The molecule has 0 aliphatic rings. The number of nitrogens with zero attached hydrogens (tertiary/aromatic N) is 2. The molecule has 1 aromatic heterocycles. The van der Waals surface area contributed by atoms with Crippen molar-refractivity contribution in [1.82, 2.24) is 20.4 Å². The molecule has 0 aliphatic carbocycles. The van der Waals surface area contributed by atoms with Gasteiger partial charge >= 0.3 is 12.0 Å². The summed E-state index contributed by atoms with van der Waals surface area (Å²) in [4.78, 5) is 24.5. The van der Waals surface area contributed by atoms with Gasteiger partial charge in [0.15, 0.2) is 0 Å². The molecule has 0 saturated carbocycles. The highest BCUT2D eigenvalue weighted by molar-refractivity contribution is 5.74. The van der Waals surface area contributed by atoms with E-state index in [9.17, 15) is 9.59 Å². The zero-order chi connectivity index (χ0) is 16.5. The molecule has 0 saturated heterocycles. The molecule has 2 rings (SSSR count). The van der Waals surface area contributed by atoms with Crippen LogP contribution in [0.5, 0.6) is 0 Å². The minimum Gasteiger partial charge on any atom is -0.481 e. The highest BCUT2D eigenvalue weighted by Gasteiger charge is 2.15. The second kappa shape index (κ2) is 8.57. The van der Waals surface area contributed by atoms with Crippen molar-refractivity contribution < 1.29 is 14.7 Å². The Kier molecular flexibility index (Phi) is 6.17. The largest absolute Gasteiger partial charge is 0.481 e. The Bertz CT molecular complexity index is 614. The molecule has 0 aliphatic heterocycles. The zero-order valence-corrected chi connectivity index (χ0v) is 12.7. The first-order chi connectivity index (χ1) is 11.1. The summed E-state index contributed by atoms with van der Waals surface area (Å²) in [5.74, 6) is -0.863. The number of aliphatic carboxylic acids is 1. The summed E-state index contributed by atoms with van der Waals surface area (Å²) in [6, 6.07) is 11.3. The van der Waals surface area contributed by atoms with Crippen molar-refractivity contribution in [2.75, 3.05) is 6.54 Å². The summed E-state index contributed by atoms with van der Waals surface area (Å²) >= 11 is 0. The van der Waals surface area contributed by atoms with Crippen molar-refractivity contribution in [2.24, 2.45) is 0 Å². The first-order valence-electron chi connectivity index (χ1n) is 7.42. The number of aromatic nitrogens is 2. The van der Waals surface area contributed by atoms with Crippen LogP contribution in [0.4, 0.5) is 4.79 Å². The van der Waals surface area contributed by atoms with Crippen LogP contribution in [0.3, 0.4) is 0 Å². The lowest BCUT2D eigenvalue weighted by atomic mass is 10.2. The van der Waals surface area contributed by atoms with Crippen molar-refractivity contribution in [3.8, 4) is 0 Å². The minimum absolute atomic E-state index is 0.0412. The topological polar surface area (TPSA) is 98.3 Å². The van der Waals surface area contributed by atoms with Crippen molar-refractivity contribution >= 4 is 12.0 Å². The maximum atomic E-state index is 12.4. The SMILES string of the molecule is O=C(O)CCCNC(=O)N(Cc1ccccc1)Cc1ccn[nH]1. The molecule has 0 spiro atoms. The average molecular weight is 316 g/mol. The van der Waals surface area contributed by atoms with Crippen LogP contribution in [0.15, 0.2) is 42.6 Å². The predicted molar refractivity (Wildman–Crippen MR) is 84.5 cm³/mol. The van der Waals surface area contributed by atoms with Crippen molar-refractivity contribution in [1.29, 1.82) is 0 Å². The van der Waals surface area contributed by atoms with Crippen LogP contribution < -0.4 is 5.32 Å². The number of hydrogen-bond donors (Lipinski definition) is 3. The third-order valence-electron chi connectivity index (χ3n) is 3.27. The van der Waals surface area contributed by atoms with Gasteiger partial charge in [-0.1, -0.05) is 30.3 Å². The standard InChI is InChI=1S/C16H20N4O3/c21-15(22)7-4-9-17-16(23)20(12-14-8-10-18-19-14)11-13-5-2-1-3-6-13/h1-3,5-6,8,10H,4,7,9,11-12H2,(H,17,23)(H,18,19)(H,21,22). The second-order valence-electron chi connectivity index (χ2n) is 5.15. The quantitative estimate of drug-likeness (QED) is 0.649. The normalized spacial score (nSPS) is 10.3. The molecule has 1 aromatic carbocycles. The third kappa shape index (κ3) is 5.82. The van der Waals surface area contributed by atoms with E-state index in [0.29, 0.717) is 26.1 Å². The van der Waals surface area contributed by atoms with Gasteiger partial charge in [-0.2, -0.15) is 5.10 Å². The van der Waals surface area contributed by atoms with Gasteiger partial charge in [-0.15, -0.1) is 0 Å². The number of nitrogens with one attached hydrogen (secondary N) is 2. The highest BCUT2D eigenvalue weighted by Crippen LogP contribution is 2.08. The minimum atomic E-state index is -0.863. The molecule has 0 bridgehead atoms. The molecular weight excluding hydrogens is 296 g/mol. The summed E-state index contributed by atoms with van der Waals surface area (Å²) in [6.45, 7) is 1.20. The van der Waals surface area contributed by atoms with Crippen LogP contribution in [-0.2, 0) is 17.9 Å². The Labute approximate surface area is 134 Å².